The van der Waals surface area contributed by atoms with Crippen molar-refractivity contribution in [3.8, 4) is 18.1 Å². The topological polar surface area (TPSA) is 79.9 Å². The summed E-state index contributed by atoms with van der Waals surface area (Å²) in [6, 6.07) is 12.3. The average molecular weight is 471 g/mol. The van der Waals surface area contributed by atoms with Gasteiger partial charge < -0.3 is 10.1 Å². The molecule has 2 N–H and O–H groups in total. The SMILES string of the molecule is C#CCN(C)CCCN1C(=O)N2C(c3cccc(O)c3)c3[nH]c4ccc(C)cc4c3CC2(C)C1=O. The molecule has 2 atom stereocenters. The number of phenols is 1. The Morgan fingerprint density at radius 3 is 2.80 bits per heavy atom. The molecular weight excluding hydrogens is 440 g/mol. The second-order valence-corrected chi connectivity index (χ2v) is 9.92. The molecule has 0 radical (unpaired) electrons. The molecule has 3 aromatic rings. The number of nitrogens with one attached hydrogen (secondary N) is 1. The number of nitrogens with zero attached hydrogens (tertiary/aromatic N) is 3. The Labute approximate surface area is 205 Å². The predicted octanol–water partition coefficient (Wildman–Crippen LogP) is 3.81. The molecule has 0 spiro atoms. The van der Waals surface area contributed by atoms with E-state index in [-0.39, 0.29) is 17.7 Å². The number of fused-ring (bicyclic) bond motifs is 4. The van der Waals surface area contributed by atoms with Crippen molar-refractivity contribution in [3.63, 3.8) is 0 Å². The maximum absolute atomic E-state index is 13.8. The molecule has 0 bridgehead atoms. The van der Waals surface area contributed by atoms with Crippen molar-refractivity contribution in [3.05, 3.63) is 64.8 Å². The van der Waals surface area contributed by atoms with Crippen LogP contribution in [0.15, 0.2) is 42.5 Å². The monoisotopic (exact) mass is 470 g/mol. The number of H-pyrrole nitrogens is 1. The second kappa shape index (κ2) is 8.47. The van der Waals surface area contributed by atoms with Gasteiger partial charge in [0, 0.05) is 36.1 Å². The number of carbonyl (C=O) groups is 2. The number of rotatable bonds is 6. The zero-order valence-electron chi connectivity index (χ0n) is 20.3. The largest absolute Gasteiger partial charge is 0.508 e. The van der Waals surface area contributed by atoms with Crippen LogP contribution in [0.2, 0.25) is 0 Å². The fourth-order valence-corrected chi connectivity index (χ4v) is 5.60. The zero-order chi connectivity index (χ0) is 24.9. The van der Waals surface area contributed by atoms with Crippen molar-refractivity contribution in [1.82, 2.24) is 19.7 Å². The summed E-state index contributed by atoms with van der Waals surface area (Å²) in [4.78, 5) is 36.2. The molecule has 3 heterocycles. The number of aryl methyl sites for hydroxylation is 1. The van der Waals surface area contributed by atoms with Crippen LogP contribution >= 0.6 is 0 Å². The normalized spacial score (nSPS) is 21.5. The lowest BCUT2D eigenvalue weighted by molar-refractivity contribution is -0.133. The van der Waals surface area contributed by atoms with E-state index in [1.165, 1.54) is 4.90 Å². The lowest BCUT2D eigenvalue weighted by Crippen LogP contribution is -2.53. The highest BCUT2D eigenvalue weighted by atomic mass is 16.3. The van der Waals surface area contributed by atoms with Crippen LogP contribution in [-0.2, 0) is 11.2 Å². The molecule has 3 amide bonds. The van der Waals surface area contributed by atoms with Crippen LogP contribution in [0.1, 0.15) is 41.8 Å². The van der Waals surface area contributed by atoms with E-state index in [0.717, 1.165) is 33.3 Å². The van der Waals surface area contributed by atoms with E-state index >= 15 is 0 Å². The first-order valence-electron chi connectivity index (χ1n) is 11.9. The Kier molecular flexibility index (Phi) is 5.57. The molecule has 0 saturated carbocycles. The first-order valence-corrected chi connectivity index (χ1v) is 11.9. The molecule has 7 heteroatoms. The summed E-state index contributed by atoms with van der Waals surface area (Å²) in [6.07, 6.45) is 6.46. The summed E-state index contributed by atoms with van der Waals surface area (Å²) < 4.78 is 0. The maximum atomic E-state index is 13.8. The average Bonchev–Trinajstić information content (AvgIpc) is 3.25. The van der Waals surface area contributed by atoms with Crippen molar-refractivity contribution in [2.75, 3.05) is 26.7 Å². The Balaban J connectivity index is 1.59. The Hall–Kier alpha value is -3.76. The standard InChI is InChI=1S/C28H30N4O3/c1-5-12-30(4)13-7-14-31-26(34)28(3)17-22-21-15-18(2)10-11-23(21)29-24(22)25(32(28)27(31)35)19-8-6-9-20(33)16-19/h1,6,8-11,15-16,25,29,33H,7,12-14,17H2,2-4H3. The number of carbonyl (C=O) groups excluding carboxylic acids is 2. The first kappa shape index (κ1) is 23.0. The third kappa shape index (κ3) is 3.65. The third-order valence-electron chi connectivity index (χ3n) is 7.29. The van der Waals surface area contributed by atoms with Crippen molar-refractivity contribution in [2.45, 2.75) is 38.3 Å². The van der Waals surface area contributed by atoms with Gasteiger partial charge in [-0.2, -0.15) is 0 Å². The van der Waals surface area contributed by atoms with Gasteiger partial charge in [0.25, 0.3) is 5.91 Å². The summed E-state index contributed by atoms with van der Waals surface area (Å²) >= 11 is 0. The van der Waals surface area contributed by atoms with E-state index in [9.17, 15) is 14.7 Å². The van der Waals surface area contributed by atoms with Crippen LogP contribution in [0.25, 0.3) is 10.9 Å². The minimum atomic E-state index is -1.02. The molecule has 35 heavy (non-hydrogen) atoms. The molecule has 180 valence electrons. The highest BCUT2D eigenvalue weighted by Crippen LogP contribution is 2.49. The van der Waals surface area contributed by atoms with Gasteiger partial charge in [0.15, 0.2) is 0 Å². The van der Waals surface area contributed by atoms with E-state index < -0.39 is 11.6 Å². The smallest absolute Gasteiger partial charge is 0.328 e. The molecule has 2 aliphatic rings. The summed E-state index contributed by atoms with van der Waals surface area (Å²) in [6.45, 7) is 5.46. The zero-order valence-corrected chi connectivity index (χ0v) is 20.3. The highest BCUT2D eigenvalue weighted by Gasteiger charge is 2.60. The first-order chi connectivity index (χ1) is 16.7. The Morgan fingerprint density at radius 2 is 2.06 bits per heavy atom. The number of hydrogen-bond acceptors (Lipinski definition) is 4. The number of aromatic hydroxyl groups is 1. The Bertz CT molecular complexity index is 1370. The number of phenolic OH excluding ortho intramolecular Hbond substituents is 1. The summed E-state index contributed by atoms with van der Waals surface area (Å²) in [7, 11) is 1.93. The van der Waals surface area contributed by atoms with E-state index in [2.05, 4.69) is 17.0 Å². The second-order valence-electron chi connectivity index (χ2n) is 9.92. The number of benzene rings is 2. The van der Waals surface area contributed by atoms with E-state index in [4.69, 9.17) is 6.42 Å². The van der Waals surface area contributed by atoms with Gasteiger partial charge in [-0.1, -0.05) is 29.7 Å². The van der Waals surface area contributed by atoms with Gasteiger partial charge in [-0.05, 0) is 62.7 Å². The quantitative estimate of drug-likeness (QED) is 0.424. The molecule has 7 nitrogen and oxygen atoms in total. The van der Waals surface area contributed by atoms with Crippen molar-refractivity contribution in [2.24, 2.45) is 0 Å². The number of urea groups is 1. The summed E-state index contributed by atoms with van der Waals surface area (Å²) in [5.74, 6) is 2.55. The number of hydrogen-bond donors (Lipinski definition) is 2. The number of aromatic amines is 1. The molecule has 1 saturated heterocycles. The van der Waals surface area contributed by atoms with Crippen LogP contribution in [0.4, 0.5) is 4.79 Å². The summed E-state index contributed by atoms with van der Waals surface area (Å²) in [5, 5.41) is 11.3. The number of amides is 3. The molecule has 1 aromatic heterocycles. The van der Waals surface area contributed by atoms with Gasteiger partial charge in [-0.15, -0.1) is 6.42 Å². The lowest BCUT2D eigenvalue weighted by atomic mass is 9.81. The highest BCUT2D eigenvalue weighted by molar-refractivity contribution is 6.08. The minimum absolute atomic E-state index is 0.120. The van der Waals surface area contributed by atoms with Gasteiger partial charge in [-0.3, -0.25) is 19.5 Å². The van der Waals surface area contributed by atoms with Crippen LogP contribution in [-0.4, -0.2) is 68.9 Å². The van der Waals surface area contributed by atoms with E-state index in [1.54, 1.807) is 23.1 Å². The molecule has 0 aliphatic carbocycles. The van der Waals surface area contributed by atoms with Gasteiger partial charge in [-0.25, -0.2) is 4.79 Å². The van der Waals surface area contributed by atoms with Crippen molar-refractivity contribution in [1.29, 1.82) is 0 Å². The Morgan fingerprint density at radius 1 is 1.26 bits per heavy atom. The van der Waals surface area contributed by atoms with Gasteiger partial charge in [0.1, 0.15) is 17.3 Å². The van der Waals surface area contributed by atoms with Crippen molar-refractivity contribution < 1.29 is 14.7 Å². The summed E-state index contributed by atoms with van der Waals surface area (Å²) in [5.41, 5.74) is 3.79. The number of terminal acetylenes is 1. The minimum Gasteiger partial charge on any atom is -0.508 e. The van der Waals surface area contributed by atoms with Crippen molar-refractivity contribution >= 4 is 22.8 Å². The van der Waals surface area contributed by atoms with E-state index in [1.807, 2.05) is 44.0 Å². The molecule has 5 rings (SSSR count). The van der Waals surface area contributed by atoms with Crippen LogP contribution in [0.5, 0.6) is 5.75 Å². The molecule has 1 fully saturated rings. The fraction of sp³-hybridized carbons (Fsp3) is 0.357. The fourth-order valence-electron chi connectivity index (χ4n) is 5.60. The molecule has 2 unspecified atom stereocenters. The number of aromatic nitrogens is 1. The van der Waals surface area contributed by atoms with Crippen LogP contribution in [0.3, 0.4) is 0 Å². The molecule has 2 aliphatic heterocycles. The van der Waals surface area contributed by atoms with Gasteiger partial charge >= 0.3 is 6.03 Å². The molecular formula is C28H30N4O3. The molecule has 2 aromatic carbocycles. The van der Waals surface area contributed by atoms with Gasteiger partial charge in [0.05, 0.1) is 6.54 Å². The lowest BCUT2D eigenvalue weighted by Gasteiger charge is -2.42. The predicted molar refractivity (Wildman–Crippen MR) is 135 cm³/mol. The van der Waals surface area contributed by atoms with E-state index in [0.29, 0.717) is 32.5 Å². The maximum Gasteiger partial charge on any atom is 0.328 e. The van der Waals surface area contributed by atoms with Gasteiger partial charge in [0.2, 0.25) is 0 Å². The number of imide groups is 1. The third-order valence-corrected chi connectivity index (χ3v) is 7.29. The van der Waals surface area contributed by atoms with Crippen LogP contribution in [0, 0.1) is 19.3 Å². The van der Waals surface area contributed by atoms with Crippen LogP contribution < -0.4 is 0 Å².